The summed E-state index contributed by atoms with van der Waals surface area (Å²) in [6, 6.07) is 10.6. The molecule has 3 rings (SSSR count). The highest BCUT2D eigenvalue weighted by atomic mass is 16.5. The van der Waals surface area contributed by atoms with Gasteiger partial charge in [-0.05, 0) is 49.1 Å². The monoisotopic (exact) mass is 370 g/mol. The van der Waals surface area contributed by atoms with Crippen molar-refractivity contribution in [2.75, 3.05) is 31.7 Å². The first-order chi connectivity index (χ1) is 13.3. The first-order valence-electron chi connectivity index (χ1n) is 9.86. The van der Waals surface area contributed by atoms with Gasteiger partial charge >= 0.3 is 0 Å². The van der Waals surface area contributed by atoms with E-state index in [2.05, 4.69) is 39.5 Å². The van der Waals surface area contributed by atoms with E-state index < -0.39 is 0 Å². The number of rotatable bonds is 9. The van der Waals surface area contributed by atoms with Crippen molar-refractivity contribution in [3.8, 4) is 11.5 Å². The molecule has 1 aromatic heterocycles. The molecule has 0 aliphatic carbocycles. The molecule has 0 saturated carbocycles. The van der Waals surface area contributed by atoms with Gasteiger partial charge in [0.1, 0.15) is 0 Å². The fraction of sp³-hybridized carbons (Fsp3) is 0.524. The van der Waals surface area contributed by atoms with E-state index in [0.29, 0.717) is 6.04 Å². The Hall–Kier alpha value is -2.34. The highest BCUT2D eigenvalue weighted by molar-refractivity contribution is 5.43. The number of hydrogen-bond donors (Lipinski definition) is 1. The predicted molar refractivity (Wildman–Crippen MR) is 108 cm³/mol. The van der Waals surface area contributed by atoms with Crippen LogP contribution in [-0.2, 0) is 6.54 Å². The van der Waals surface area contributed by atoms with Crippen LogP contribution in [0.15, 0.2) is 36.5 Å². The van der Waals surface area contributed by atoms with Crippen LogP contribution in [0.25, 0.3) is 0 Å². The Morgan fingerprint density at radius 3 is 2.96 bits per heavy atom. The second-order valence-electron chi connectivity index (χ2n) is 6.94. The summed E-state index contributed by atoms with van der Waals surface area (Å²) in [6.07, 6.45) is 6.22. The minimum atomic E-state index is 0.437. The maximum absolute atomic E-state index is 5.82. The molecular formula is C21H30N4O2. The summed E-state index contributed by atoms with van der Waals surface area (Å²) in [7, 11) is 1.69. The third kappa shape index (κ3) is 5.57. The van der Waals surface area contributed by atoms with Crippen molar-refractivity contribution in [3.63, 3.8) is 0 Å². The Bertz CT molecular complexity index is 696. The summed E-state index contributed by atoms with van der Waals surface area (Å²) in [6.45, 7) is 5.68. The van der Waals surface area contributed by atoms with Gasteiger partial charge in [0.2, 0.25) is 0 Å². The zero-order chi connectivity index (χ0) is 18.9. The normalized spacial score (nSPS) is 17.0. The molecular weight excluding hydrogens is 340 g/mol. The zero-order valence-electron chi connectivity index (χ0n) is 16.4. The van der Waals surface area contributed by atoms with Crippen LogP contribution in [0.5, 0.6) is 11.5 Å². The second-order valence-corrected chi connectivity index (χ2v) is 6.94. The van der Waals surface area contributed by atoms with Crippen LogP contribution >= 0.6 is 0 Å². The second kappa shape index (κ2) is 10.1. The first kappa shape index (κ1) is 19.4. The van der Waals surface area contributed by atoms with Crippen LogP contribution in [0.1, 0.15) is 38.2 Å². The smallest absolute Gasteiger partial charge is 0.161 e. The van der Waals surface area contributed by atoms with Crippen molar-refractivity contribution in [1.82, 2.24) is 15.5 Å². The predicted octanol–water partition coefficient (Wildman–Crippen LogP) is 3.42. The Morgan fingerprint density at radius 2 is 2.19 bits per heavy atom. The number of benzene rings is 1. The lowest BCUT2D eigenvalue weighted by Crippen LogP contribution is -2.45. The molecule has 6 nitrogen and oxygen atoms in total. The number of piperidine rings is 1. The molecule has 1 aliphatic heterocycles. The minimum Gasteiger partial charge on any atom is -0.493 e. The van der Waals surface area contributed by atoms with Crippen molar-refractivity contribution in [1.29, 1.82) is 0 Å². The van der Waals surface area contributed by atoms with E-state index in [1.54, 1.807) is 13.3 Å². The Balaban J connectivity index is 1.54. The molecule has 2 heterocycles. The van der Waals surface area contributed by atoms with Crippen molar-refractivity contribution in [2.45, 2.75) is 45.2 Å². The number of unbranched alkanes of at least 4 members (excludes halogenated alkanes) is 1. The molecule has 0 bridgehead atoms. The van der Waals surface area contributed by atoms with Crippen LogP contribution < -0.4 is 19.7 Å². The molecule has 1 fully saturated rings. The van der Waals surface area contributed by atoms with Crippen molar-refractivity contribution in [2.24, 2.45) is 0 Å². The van der Waals surface area contributed by atoms with E-state index in [0.717, 1.165) is 62.8 Å². The van der Waals surface area contributed by atoms with Crippen LogP contribution in [0.4, 0.5) is 5.82 Å². The van der Waals surface area contributed by atoms with Gasteiger partial charge in [0.25, 0.3) is 0 Å². The van der Waals surface area contributed by atoms with Crippen molar-refractivity contribution >= 4 is 5.82 Å². The largest absolute Gasteiger partial charge is 0.493 e. The molecule has 0 radical (unpaired) electrons. The molecule has 0 amide bonds. The van der Waals surface area contributed by atoms with Gasteiger partial charge in [-0.2, -0.15) is 5.10 Å². The van der Waals surface area contributed by atoms with Crippen LogP contribution in [-0.4, -0.2) is 43.0 Å². The van der Waals surface area contributed by atoms with Gasteiger partial charge in [-0.25, -0.2) is 0 Å². The third-order valence-corrected chi connectivity index (χ3v) is 4.88. The number of ether oxygens (including phenoxy) is 2. The zero-order valence-corrected chi connectivity index (χ0v) is 16.4. The van der Waals surface area contributed by atoms with Crippen molar-refractivity contribution in [3.05, 3.63) is 42.1 Å². The molecule has 1 saturated heterocycles. The molecule has 1 aromatic carbocycles. The highest BCUT2D eigenvalue weighted by Crippen LogP contribution is 2.28. The summed E-state index contributed by atoms with van der Waals surface area (Å²) in [5.41, 5.74) is 1.20. The lowest BCUT2D eigenvalue weighted by Gasteiger charge is -2.33. The van der Waals surface area contributed by atoms with Crippen LogP contribution in [0.3, 0.4) is 0 Å². The number of methoxy groups -OCH3 is 1. The molecule has 1 aliphatic rings. The highest BCUT2D eigenvalue weighted by Gasteiger charge is 2.20. The summed E-state index contributed by atoms with van der Waals surface area (Å²) in [5.74, 6) is 2.58. The number of aromatic nitrogens is 2. The van der Waals surface area contributed by atoms with Gasteiger partial charge in [0.15, 0.2) is 17.3 Å². The Kier molecular flexibility index (Phi) is 7.27. The van der Waals surface area contributed by atoms with Crippen LogP contribution in [0, 0.1) is 0 Å². The lowest BCUT2D eigenvalue weighted by molar-refractivity contribution is 0.288. The number of hydrogen-bond acceptors (Lipinski definition) is 6. The molecule has 146 valence electrons. The van der Waals surface area contributed by atoms with E-state index in [1.165, 1.54) is 12.0 Å². The van der Waals surface area contributed by atoms with Crippen LogP contribution in [0.2, 0.25) is 0 Å². The maximum Gasteiger partial charge on any atom is 0.161 e. The summed E-state index contributed by atoms with van der Waals surface area (Å²) in [4.78, 5) is 2.30. The summed E-state index contributed by atoms with van der Waals surface area (Å²) in [5, 5.41) is 11.9. The minimum absolute atomic E-state index is 0.437. The fourth-order valence-corrected chi connectivity index (χ4v) is 3.34. The Labute approximate surface area is 161 Å². The molecule has 27 heavy (non-hydrogen) atoms. The number of anilines is 1. The van der Waals surface area contributed by atoms with Crippen molar-refractivity contribution < 1.29 is 9.47 Å². The van der Waals surface area contributed by atoms with Gasteiger partial charge in [-0.3, -0.25) is 0 Å². The maximum atomic E-state index is 5.82. The molecule has 1 unspecified atom stereocenters. The molecule has 1 atom stereocenters. The van der Waals surface area contributed by atoms with E-state index >= 15 is 0 Å². The van der Waals surface area contributed by atoms with E-state index in [1.807, 2.05) is 18.2 Å². The lowest BCUT2D eigenvalue weighted by atomic mass is 10.1. The summed E-state index contributed by atoms with van der Waals surface area (Å²) >= 11 is 0. The first-order valence-corrected chi connectivity index (χ1v) is 9.86. The summed E-state index contributed by atoms with van der Waals surface area (Å²) < 4.78 is 11.3. The number of nitrogens with one attached hydrogen (secondary N) is 1. The fourth-order valence-electron chi connectivity index (χ4n) is 3.34. The standard InChI is InChI=1S/C21H30N4O2/c1-3-4-13-27-19-10-9-17(14-20(19)26-2)15-22-18-7-6-12-25(16-18)21-8-5-11-23-24-21/h5,8-11,14,18,22H,3-4,6-7,12-13,15-16H2,1-2H3. The average Bonchev–Trinajstić information content (AvgIpc) is 2.74. The number of nitrogens with zero attached hydrogens (tertiary/aromatic N) is 3. The van der Waals surface area contributed by atoms with Gasteiger partial charge in [-0.1, -0.05) is 19.4 Å². The SMILES string of the molecule is CCCCOc1ccc(CNC2CCCN(c3cccnn3)C2)cc1OC. The van der Waals surface area contributed by atoms with Gasteiger partial charge in [-0.15, -0.1) is 5.10 Å². The van der Waals surface area contributed by atoms with Gasteiger partial charge in [0, 0.05) is 31.9 Å². The van der Waals surface area contributed by atoms with Gasteiger partial charge < -0.3 is 19.7 Å². The van der Waals surface area contributed by atoms with E-state index in [-0.39, 0.29) is 0 Å². The van der Waals surface area contributed by atoms with E-state index in [9.17, 15) is 0 Å². The molecule has 2 aromatic rings. The molecule has 6 heteroatoms. The van der Waals surface area contributed by atoms with E-state index in [4.69, 9.17) is 9.47 Å². The average molecular weight is 370 g/mol. The Morgan fingerprint density at radius 1 is 1.26 bits per heavy atom. The molecule has 0 spiro atoms. The topological polar surface area (TPSA) is 59.5 Å². The quantitative estimate of drug-likeness (QED) is 0.683. The van der Waals surface area contributed by atoms with Gasteiger partial charge in [0.05, 0.1) is 13.7 Å². The third-order valence-electron chi connectivity index (χ3n) is 4.88. The molecule has 1 N–H and O–H groups in total.